The molecule has 2 rings (SSSR count). The first-order valence-corrected chi connectivity index (χ1v) is 4.42. The molecule has 0 saturated heterocycles. The number of H-pyrrole nitrogens is 1. The molecule has 1 N–H and O–H groups in total. The van der Waals surface area contributed by atoms with Crippen molar-refractivity contribution in [3.05, 3.63) is 36.7 Å². The predicted molar refractivity (Wildman–Crippen MR) is 59.3 cm³/mol. The van der Waals surface area contributed by atoms with Crippen molar-refractivity contribution >= 4 is 22.9 Å². The predicted octanol–water partition coefficient (Wildman–Crippen LogP) is 2.62. The molecule has 0 aliphatic rings. The summed E-state index contributed by atoms with van der Waals surface area (Å²) in [5.74, 6) is 0. The Morgan fingerprint density at radius 1 is 1.64 bits per heavy atom. The van der Waals surface area contributed by atoms with E-state index >= 15 is 0 Å². The number of pyridine rings is 1. The number of aromatic amines is 1. The number of nitrogens with one attached hydrogen (secondary N) is 1. The summed E-state index contributed by atoms with van der Waals surface area (Å²) >= 11 is 0. The van der Waals surface area contributed by atoms with Gasteiger partial charge in [0.25, 0.3) is 0 Å². The maximum absolute atomic E-state index is 4.28. The average Bonchev–Trinajstić information content (AvgIpc) is 2.64. The molecule has 2 aromatic heterocycles. The second-order valence-corrected chi connectivity index (χ2v) is 2.97. The fourth-order valence-electron chi connectivity index (χ4n) is 1.32. The van der Waals surface area contributed by atoms with Gasteiger partial charge in [-0.3, -0.25) is 9.98 Å². The van der Waals surface area contributed by atoms with Crippen molar-refractivity contribution in [2.75, 3.05) is 0 Å². The van der Waals surface area contributed by atoms with Gasteiger partial charge in [-0.2, -0.15) is 0 Å². The Labute approximate surface area is 82.2 Å². The van der Waals surface area contributed by atoms with Crippen molar-refractivity contribution in [3.63, 3.8) is 0 Å². The van der Waals surface area contributed by atoms with Gasteiger partial charge in [0.15, 0.2) is 0 Å². The van der Waals surface area contributed by atoms with Crippen molar-refractivity contribution in [1.29, 1.82) is 0 Å². The van der Waals surface area contributed by atoms with E-state index < -0.39 is 0 Å². The van der Waals surface area contributed by atoms with E-state index in [1.165, 1.54) is 0 Å². The van der Waals surface area contributed by atoms with E-state index in [2.05, 4.69) is 21.5 Å². The fraction of sp³-hybridized carbons (Fsp3) is 0.0909. The molecule has 0 amide bonds. The fourth-order valence-corrected chi connectivity index (χ4v) is 1.32. The molecule has 2 heterocycles. The van der Waals surface area contributed by atoms with Gasteiger partial charge in [0, 0.05) is 24.2 Å². The Kier molecular flexibility index (Phi) is 2.14. The number of rotatable bonds is 2. The zero-order chi connectivity index (χ0) is 9.97. The Bertz CT molecular complexity index is 494. The van der Waals surface area contributed by atoms with Crippen LogP contribution in [-0.4, -0.2) is 16.2 Å². The van der Waals surface area contributed by atoms with Gasteiger partial charge >= 0.3 is 0 Å². The first-order valence-electron chi connectivity index (χ1n) is 4.42. The quantitative estimate of drug-likeness (QED) is 0.718. The molecule has 0 bridgehead atoms. The third-order valence-corrected chi connectivity index (χ3v) is 2.02. The first kappa shape index (κ1) is 8.69. The Balaban J connectivity index is 2.48. The minimum atomic E-state index is 0.733. The highest BCUT2D eigenvalue weighted by Gasteiger charge is 2.00. The summed E-state index contributed by atoms with van der Waals surface area (Å²) in [7, 11) is 0. The van der Waals surface area contributed by atoms with Gasteiger partial charge in [-0.05, 0) is 19.1 Å². The highest BCUT2D eigenvalue weighted by Crippen LogP contribution is 2.17. The van der Waals surface area contributed by atoms with Gasteiger partial charge in [0.05, 0.1) is 16.7 Å². The average molecular weight is 185 g/mol. The van der Waals surface area contributed by atoms with E-state index in [0.29, 0.717) is 0 Å². The third-order valence-electron chi connectivity index (χ3n) is 2.02. The molecule has 3 heteroatoms. The van der Waals surface area contributed by atoms with Crippen molar-refractivity contribution in [1.82, 2.24) is 9.97 Å². The molecule has 3 nitrogen and oxygen atoms in total. The zero-order valence-electron chi connectivity index (χ0n) is 7.99. The summed E-state index contributed by atoms with van der Waals surface area (Å²) in [5, 5.41) is 0. The standard InChI is InChI=1S/C11H11N3/c1-3-12-8(2)9-6-11-10(14-7-9)4-5-13-11/h3-7,13H,2H2,1H3. The van der Waals surface area contributed by atoms with Crippen LogP contribution in [0.5, 0.6) is 0 Å². The first-order chi connectivity index (χ1) is 6.81. The molecule has 0 radical (unpaired) electrons. The molecule has 0 atom stereocenters. The van der Waals surface area contributed by atoms with Crippen LogP contribution in [0.1, 0.15) is 12.5 Å². The molecule has 70 valence electrons. The SMILES string of the molecule is C=C(N=CC)c1cnc2cc[nH]c2c1. The number of fused-ring (bicyclic) bond motifs is 1. The van der Waals surface area contributed by atoms with Crippen LogP contribution in [0, 0.1) is 0 Å². The monoisotopic (exact) mass is 185 g/mol. The zero-order valence-corrected chi connectivity index (χ0v) is 7.99. The van der Waals surface area contributed by atoms with Crippen molar-refractivity contribution in [2.45, 2.75) is 6.92 Å². The van der Waals surface area contributed by atoms with Crippen LogP contribution in [0.25, 0.3) is 16.7 Å². The van der Waals surface area contributed by atoms with Crippen LogP contribution in [0.4, 0.5) is 0 Å². The van der Waals surface area contributed by atoms with Crippen LogP contribution in [0.2, 0.25) is 0 Å². The van der Waals surface area contributed by atoms with Gasteiger partial charge in [-0.15, -0.1) is 0 Å². The lowest BCUT2D eigenvalue weighted by Crippen LogP contribution is -1.83. The summed E-state index contributed by atoms with van der Waals surface area (Å²) in [4.78, 5) is 11.5. The molecule has 0 aliphatic carbocycles. The number of hydrogen-bond donors (Lipinski definition) is 1. The lowest BCUT2D eigenvalue weighted by Gasteiger charge is -1.98. The molecule has 0 fully saturated rings. The van der Waals surface area contributed by atoms with E-state index in [4.69, 9.17) is 0 Å². The van der Waals surface area contributed by atoms with Crippen LogP contribution in [0.15, 0.2) is 36.1 Å². The van der Waals surface area contributed by atoms with Crippen LogP contribution in [0.3, 0.4) is 0 Å². The Morgan fingerprint density at radius 2 is 2.50 bits per heavy atom. The molecule has 2 aromatic rings. The Hall–Kier alpha value is -1.90. The largest absolute Gasteiger partial charge is 0.360 e. The number of aromatic nitrogens is 2. The topological polar surface area (TPSA) is 41.0 Å². The van der Waals surface area contributed by atoms with Crippen molar-refractivity contribution in [2.24, 2.45) is 4.99 Å². The summed E-state index contributed by atoms with van der Waals surface area (Å²) in [6.07, 6.45) is 5.38. The van der Waals surface area contributed by atoms with Crippen LogP contribution >= 0.6 is 0 Å². The van der Waals surface area contributed by atoms with Crippen molar-refractivity contribution < 1.29 is 0 Å². The van der Waals surface area contributed by atoms with Gasteiger partial charge in [0.1, 0.15) is 0 Å². The molecule has 14 heavy (non-hydrogen) atoms. The van der Waals surface area contributed by atoms with Gasteiger partial charge < -0.3 is 4.98 Å². The second-order valence-electron chi connectivity index (χ2n) is 2.97. The summed E-state index contributed by atoms with van der Waals surface area (Å²) in [6.45, 7) is 5.72. The normalized spacial score (nSPS) is 11.2. The number of hydrogen-bond acceptors (Lipinski definition) is 2. The van der Waals surface area contributed by atoms with E-state index in [9.17, 15) is 0 Å². The summed E-state index contributed by atoms with van der Waals surface area (Å²) in [6, 6.07) is 3.93. The highest BCUT2D eigenvalue weighted by molar-refractivity contribution is 5.80. The number of nitrogens with zero attached hydrogens (tertiary/aromatic N) is 2. The summed E-state index contributed by atoms with van der Waals surface area (Å²) < 4.78 is 0. The van der Waals surface area contributed by atoms with Crippen LogP contribution < -0.4 is 0 Å². The molecule has 0 saturated carbocycles. The molecular weight excluding hydrogens is 174 g/mol. The van der Waals surface area contributed by atoms with E-state index in [-0.39, 0.29) is 0 Å². The molecule has 0 unspecified atom stereocenters. The van der Waals surface area contributed by atoms with Crippen molar-refractivity contribution in [3.8, 4) is 0 Å². The maximum Gasteiger partial charge on any atom is 0.0879 e. The Morgan fingerprint density at radius 3 is 3.29 bits per heavy atom. The molecule has 0 spiro atoms. The molecular formula is C11H11N3. The van der Waals surface area contributed by atoms with Crippen LogP contribution in [-0.2, 0) is 0 Å². The second kappa shape index (κ2) is 3.46. The van der Waals surface area contributed by atoms with E-state index in [1.54, 1.807) is 12.4 Å². The molecule has 0 aromatic carbocycles. The van der Waals surface area contributed by atoms with Gasteiger partial charge in [-0.1, -0.05) is 6.58 Å². The summed E-state index contributed by atoms with van der Waals surface area (Å²) in [5.41, 5.74) is 3.64. The highest BCUT2D eigenvalue weighted by atomic mass is 14.8. The van der Waals surface area contributed by atoms with Gasteiger partial charge in [0.2, 0.25) is 0 Å². The minimum Gasteiger partial charge on any atom is -0.360 e. The minimum absolute atomic E-state index is 0.733. The number of aliphatic imine (C=N–C) groups is 1. The lowest BCUT2D eigenvalue weighted by molar-refractivity contribution is 1.37. The van der Waals surface area contributed by atoms with Gasteiger partial charge in [-0.25, -0.2) is 0 Å². The smallest absolute Gasteiger partial charge is 0.0879 e. The van der Waals surface area contributed by atoms with E-state index in [0.717, 1.165) is 22.3 Å². The lowest BCUT2D eigenvalue weighted by atomic mass is 10.2. The molecule has 0 aliphatic heterocycles. The maximum atomic E-state index is 4.28. The third kappa shape index (κ3) is 1.44. The van der Waals surface area contributed by atoms with E-state index in [1.807, 2.05) is 25.3 Å².